The summed E-state index contributed by atoms with van der Waals surface area (Å²) in [6.45, 7) is 5.32. The van der Waals surface area contributed by atoms with Gasteiger partial charge in [-0.15, -0.1) is 0 Å². The second kappa shape index (κ2) is 2.97. The number of rotatable bonds is 1. The van der Waals surface area contributed by atoms with Crippen molar-refractivity contribution < 1.29 is 0 Å². The fraction of sp³-hybridized carbons (Fsp3) is 0.857. The van der Waals surface area contributed by atoms with Gasteiger partial charge in [0.15, 0.2) is 0 Å². The molecule has 0 spiro atoms. The summed E-state index contributed by atoms with van der Waals surface area (Å²) in [6.07, 6.45) is 1.18. The van der Waals surface area contributed by atoms with Gasteiger partial charge in [0.05, 0.1) is 0 Å². The molecule has 1 aliphatic heterocycles. The lowest BCUT2D eigenvalue weighted by Gasteiger charge is -2.01. The van der Waals surface area contributed by atoms with Gasteiger partial charge in [0.2, 0.25) is 0 Å². The molecule has 0 amide bonds. The summed E-state index contributed by atoms with van der Waals surface area (Å²) in [4.78, 5) is 6.65. The zero-order valence-corrected chi connectivity index (χ0v) is 6.22. The van der Waals surface area contributed by atoms with Gasteiger partial charge in [-0.1, -0.05) is 0 Å². The monoisotopic (exact) mass is 126 g/mol. The Morgan fingerprint density at radius 3 is 2.89 bits per heavy atom. The number of likely N-dealkylation sites (tertiary alicyclic amines) is 1. The van der Waals surface area contributed by atoms with E-state index in [-0.39, 0.29) is 0 Å². The van der Waals surface area contributed by atoms with Gasteiger partial charge in [-0.25, -0.2) is 0 Å². The third-order valence-electron chi connectivity index (χ3n) is 1.62. The van der Waals surface area contributed by atoms with Crippen LogP contribution in [-0.2, 0) is 0 Å². The normalized spacial score (nSPS) is 25.8. The van der Waals surface area contributed by atoms with Crippen molar-refractivity contribution in [2.24, 2.45) is 4.99 Å². The van der Waals surface area contributed by atoms with Gasteiger partial charge in [-0.2, -0.15) is 0 Å². The molecule has 1 aliphatic rings. The van der Waals surface area contributed by atoms with Gasteiger partial charge < -0.3 is 4.90 Å². The Balaban J connectivity index is 2.38. The summed E-state index contributed by atoms with van der Waals surface area (Å²) in [5.74, 6) is 0. The summed E-state index contributed by atoms with van der Waals surface area (Å²) in [5, 5.41) is 0. The van der Waals surface area contributed by atoms with Gasteiger partial charge in [0.1, 0.15) is 0 Å². The van der Waals surface area contributed by atoms with Crippen LogP contribution in [0.15, 0.2) is 4.99 Å². The average Bonchev–Trinajstić information content (AvgIpc) is 2.17. The highest BCUT2D eigenvalue weighted by Crippen LogP contribution is 2.01. The average molecular weight is 126 g/mol. The first-order valence-corrected chi connectivity index (χ1v) is 3.53. The highest BCUT2D eigenvalue weighted by atomic mass is 15.1. The molecule has 0 atom stereocenters. The maximum Gasteiger partial charge on any atom is 0.0361 e. The minimum atomic E-state index is 0.948. The molecule has 0 bridgehead atoms. The van der Waals surface area contributed by atoms with Crippen molar-refractivity contribution in [3.05, 3.63) is 0 Å². The van der Waals surface area contributed by atoms with Crippen LogP contribution in [0.2, 0.25) is 0 Å². The van der Waals surface area contributed by atoms with E-state index in [1.54, 1.807) is 0 Å². The van der Waals surface area contributed by atoms with E-state index in [0.717, 1.165) is 13.1 Å². The van der Waals surface area contributed by atoms with Crippen molar-refractivity contribution >= 4 is 5.71 Å². The van der Waals surface area contributed by atoms with Gasteiger partial charge in [0.25, 0.3) is 0 Å². The van der Waals surface area contributed by atoms with E-state index in [1.807, 2.05) is 0 Å². The molecular formula is C7H14N2. The van der Waals surface area contributed by atoms with Crippen molar-refractivity contribution in [2.75, 3.05) is 26.7 Å². The molecule has 9 heavy (non-hydrogen) atoms. The lowest BCUT2D eigenvalue weighted by Crippen LogP contribution is -2.13. The summed E-state index contributed by atoms with van der Waals surface area (Å²) in [7, 11) is 2.14. The lowest BCUT2D eigenvalue weighted by molar-refractivity contribution is 0.428. The Bertz CT molecular complexity index is 118. The standard InChI is InChI=1S/C7H14N2/c1-3-8-7-4-5-9(2)6-7/h3-6H2,1-2H3/b8-7+. The van der Waals surface area contributed by atoms with Crippen molar-refractivity contribution in [2.45, 2.75) is 13.3 Å². The first kappa shape index (κ1) is 6.75. The second-order valence-electron chi connectivity index (χ2n) is 2.53. The molecule has 0 aliphatic carbocycles. The minimum absolute atomic E-state index is 0.948. The lowest BCUT2D eigenvalue weighted by atomic mass is 10.3. The Labute approximate surface area is 56.6 Å². The molecule has 0 radical (unpaired) electrons. The number of nitrogens with zero attached hydrogens (tertiary/aromatic N) is 2. The Hall–Kier alpha value is -0.370. The maximum atomic E-state index is 4.35. The van der Waals surface area contributed by atoms with Crippen molar-refractivity contribution in [3.63, 3.8) is 0 Å². The molecule has 0 N–H and O–H groups in total. The molecule has 0 saturated carbocycles. The molecular weight excluding hydrogens is 112 g/mol. The number of hydrogen-bond acceptors (Lipinski definition) is 2. The van der Waals surface area contributed by atoms with E-state index in [9.17, 15) is 0 Å². The first-order chi connectivity index (χ1) is 4.33. The van der Waals surface area contributed by atoms with Crippen LogP contribution in [0.25, 0.3) is 0 Å². The van der Waals surface area contributed by atoms with Crippen molar-refractivity contribution in [1.82, 2.24) is 4.90 Å². The Morgan fingerprint density at radius 2 is 2.44 bits per heavy atom. The maximum absolute atomic E-state index is 4.35. The van der Waals surface area contributed by atoms with E-state index in [0.29, 0.717) is 0 Å². The first-order valence-electron chi connectivity index (χ1n) is 3.53. The van der Waals surface area contributed by atoms with Crippen LogP contribution >= 0.6 is 0 Å². The smallest absolute Gasteiger partial charge is 0.0361 e. The number of hydrogen-bond donors (Lipinski definition) is 0. The molecule has 0 aromatic carbocycles. The van der Waals surface area contributed by atoms with E-state index >= 15 is 0 Å². The van der Waals surface area contributed by atoms with Crippen LogP contribution in [0.1, 0.15) is 13.3 Å². The molecule has 1 saturated heterocycles. The summed E-state index contributed by atoms with van der Waals surface area (Å²) >= 11 is 0. The third kappa shape index (κ3) is 1.79. The topological polar surface area (TPSA) is 15.6 Å². The zero-order chi connectivity index (χ0) is 6.69. The predicted octanol–water partition coefficient (Wildman–Crippen LogP) is 0.783. The molecule has 2 nitrogen and oxygen atoms in total. The predicted molar refractivity (Wildman–Crippen MR) is 40.1 cm³/mol. The molecule has 0 aromatic rings. The van der Waals surface area contributed by atoms with E-state index in [2.05, 4.69) is 23.9 Å². The SMILES string of the molecule is CC/N=C1\CCN(C)C1. The van der Waals surface area contributed by atoms with E-state index in [4.69, 9.17) is 0 Å². The third-order valence-corrected chi connectivity index (χ3v) is 1.62. The summed E-state index contributed by atoms with van der Waals surface area (Å²) in [6, 6.07) is 0. The van der Waals surface area contributed by atoms with Gasteiger partial charge in [0, 0.05) is 25.3 Å². The van der Waals surface area contributed by atoms with Crippen LogP contribution in [0, 0.1) is 0 Å². The molecule has 1 fully saturated rings. The van der Waals surface area contributed by atoms with Gasteiger partial charge >= 0.3 is 0 Å². The largest absolute Gasteiger partial charge is 0.301 e. The fourth-order valence-electron chi connectivity index (χ4n) is 1.14. The quantitative estimate of drug-likeness (QED) is 0.507. The Morgan fingerprint density at radius 1 is 1.67 bits per heavy atom. The molecule has 52 valence electrons. The van der Waals surface area contributed by atoms with Gasteiger partial charge in [-0.3, -0.25) is 4.99 Å². The van der Waals surface area contributed by atoms with E-state index in [1.165, 1.54) is 18.7 Å². The van der Waals surface area contributed by atoms with E-state index < -0.39 is 0 Å². The molecule has 1 heterocycles. The van der Waals surface area contributed by atoms with Crippen LogP contribution in [0.3, 0.4) is 0 Å². The highest BCUT2D eigenvalue weighted by molar-refractivity contribution is 5.88. The Kier molecular flexibility index (Phi) is 2.22. The molecule has 0 aromatic heterocycles. The minimum Gasteiger partial charge on any atom is -0.301 e. The summed E-state index contributed by atoms with van der Waals surface area (Å²) < 4.78 is 0. The van der Waals surface area contributed by atoms with Crippen LogP contribution in [0.4, 0.5) is 0 Å². The zero-order valence-electron chi connectivity index (χ0n) is 6.22. The van der Waals surface area contributed by atoms with Gasteiger partial charge in [-0.05, 0) is 20.4 Å². The number of aliphatic imine (C=N–C) groups is 1. The second-order valence-corrected chi connectivity index (χ2v) is 2.53. The fourth-order valence-corrected chi connectivity index (χ4v) is 1.14. The van der Waals surface area contributed by atoms with Crippen LogP contribution < -0.4 is 0 Å². The molecule has 1 rings (SSSR count). The van der Waals surface area contributed by atoms with Crippen LogP contribution in [-0.4, -0.2) is 37.3 Å². The molecule has 0 unspecified atom stereocenters. The van der Waals surface area contributed by atoms with Crippen molar-refractivity contribution in [3.8, 4) is 0 Å². The highest BCUT2D eigenvalue weighted by Gasteiger charge is 2.11. The molecule has 2 heteroatoms. The van der Waals surface area contributed by atoms with Crippen molar-refractivity contribution in [1.29, 1.82) is 0 Å². The van der Waals surface area contributed by atoms with Crippen LogP contribution in [0.5, 0.6) is 0 Å². The summed E-state index contributed by atoms with van der Waals surface area (Å²) in [5.41, 5.74) is 1.38.